The Hall–Kier alpha value is -3.15. The second kappa shape index (κ2) is 8.25. The lowest BCUT2D eigenvalue weighted by molar-refractivity contribution is -0.138. The number of nitrogens with zero attached hydrogens (tertiary/aromatic N) is 1. The molecule has 0 unspecified atom stereocenters. The lowest BCUT2D eigenvalue weighted by Gasteiger charge is -2.14. The standard InChI is InChI=1S/C22H19N3O2.ClH/c23-18(22(26)27)13-14-9-11-15(12-10-14)24-21-16-5-1-3-7-19(16)25-20-8-4-2-6-17(20)21;/h1-12,18H,13,23H2,(H,24,25)(H,26,27);1H/t18-;/m0./s1. The van der Waals surface area contributed by atoms with E-state index in [2.05, 4.69) is 17.4 Å². The third kappa shape index (κ3) is 3.91. The van der Waals surface area contributed by atoms with Crippen LogP contribution < -0.4 is 11.1 Å². The van der Waals surface area contributed by atoms with Gasteiger partial charge in [-0.25, -0.2) is 4.98 Å². The Morgan fingerprint density at radius 3 is 2.00 bits per heavy atom. The van der Waals surface area contributed by atoms with E-state index in [0.29, 0.717) is 6.42 Å². The first-order chi connectivity index (χ1) is 13.1. The first-order valence-corrected chi connectivity index (χ1v) is 8.73. The van der Waals surface area contributed by atoms with E-state index in [1.54, 1.807) is 0 Å². The van der Waals surface area contributed by atoms with Crippen LogP contribution in [0.1, 0.15) is 5.56 Å². The molecule has 142 valence electrons. The van der Waals surface area contributed by atoms with Crippen LogP contribution in [0.25, 0.3) is 21.8 Å². The van der Waals surface area contributed by atoms with Crippen molar-refractivity contribution in [2.75, 3.05) is 5.32 Å². The van der Waals surface area contributed by atoms with Gasteiger partial charge in [0.1, 0.15) is 6.04 Å². The summed E-state index contributed by atoms with van der Waals surface area (Å²) in [5.41, 5.74) is 10.3. The zero-order chi connectivity index (χ0) is 18.8. The molecule has 28 heavy (non-hydrogen) atoms. The average molecular weight is 394 g/mol. The molecule has 0 spiro atoms. The number of nitrogens with one attached hydrogen (secondary N) is 1. The number of fused-ring (bicyclic) bond motifs is 2. The highest BCUT2D eigenvalue weighted by Crippen LogP contribution is 2.32. The number of rotatable bonds is 5. The molecule has 0 amide bonds. The number of para-hydroxylation sites is 2. The molecule has 0 aliphatic carbocycles. The van der Waals surface area contributed by atoms with Crippen LogP contribution in [-0.4, -0.2) is 22.1 Å². The van der Waals surface area contributed by atoms with E-state index >= 15 is 0 Å². The first-order valence-electron chi connectivity index (χ1n) is 8.73. The Labute approximate surface area is 168 Å². The molecular weight excluding hydrogens is 374 g/mol. The lowest BCUT2D eigenvalue weighted by Crippen LogP contribution is -2.32. The summed E-state index contributed by atoms with van der Waals surface area (Å²) in [5.74, 6) is -0.994. The van der Waals surface area contributed by atoms with Crippen molar-refractivity contribution in [1.82, 2.24) is 4.98 Å². The van der Waals surface area contributed by atoms with Crippen LogP contribution >= 0.6 is 12.4 Å². The SMILES string of the molecule is Cl.N[C@@H](Cc1ccc(Nc2c3ccccc3nc3ccccc23)cc1)C(=O)O. The zero-order valence-electron chi connectivity index (χ0n) is 15.0. The number of carbonyl (C=O) groups is 1. The highest BCUT2D eigenvalue weighted by molar-refractivity contribution is 6.08. The number of benzene rings is 3. The number of anilines is 2. The topological polar surface area (TPSA) is 88.2 Å². The number of hydrogen-bond donors (Lipinski definition) is 3. The molecule has 5 nitrogen and oxygen atoms in total. The first kappa shape index (κ1) is 19.6. The average Bonchev–Trinajstić information content (AvgIpc) is 2.69. The Morgan fingerprint density at radius 2 is 1.46 bits per heavy atom. The molecular formula is C22H20ClN3O2. The minimum absolute atomic E-state index is 0. The molecule has 4 N–H and O–H groups in total. The van der Waals surface area contributed by atoms with Crippen LogP contribution in [-0.2, 0) is 11.2 Å². The van der Waals surface area contributed by atoms with E-state index < -0.39 is 12.0 Å². The van der Waals surface area contributed by atoms with Gasteiger partial charge in [-0.05, 0) is 36.2 Å². The maximum absolute atomic E-state index is 10.9. The number of pyridine rings is 1. The van der Waals surface area contributed by atoms with Gasteiger partial charge in [-0.15, -0.1) is 12.4 Å². The maximum Gasteiger partial charge on any atom is 0.320 e. The van der Waals surface area contributed by atoms with Gasteiger partial charge in [0.05, 0.1) is 16.7 Å². The molecule has 0 bridgehead atoms. The van der Waals surface area contributed by atoms with E-state index in [1.165, 1.54) is 0 Å². The van der Waals surface area contributed by atoms with Crippen molar-refractivity contribution in [1.29, 1.82) is 0 Å². The molecule has 4 aromatic rings. The van der Waals surface area contributed by atoms with Gasteiger partial charge >= 0.3 is 5.97 Å². The fraction of sp³-hybridized carbons (Fsp3) is 0.0909. The second-order valence-corrected chi connectivity index (χ2v) is 6.49. The maximum atomic E-state index is 10.9. The van der Waals surface area contributed by atoms with Crippen LogP contribution in [0, 0.1) is 0 Å². The van der Waals surface area contributed by atoms with Crippen molar-refractivity contribution in [3.8, 4) is 0 Å². The van der Waals surface area contributed by atoms with Crippen molar-refractivity contribution in [2.45, 2.75) is 12.5 Å². The van der Waals surface area contributed by atoms with Crippen molar-refractivity contribution in [2.24, 2.45) is 5.73 Å². The number of aliphatic carboxylic acids is 1. The smallest absolute Gasteiger partial charge is 0.320 e. The summed E-state index contributed by atoms with van der Waals surface area (Å²) in [7, 11) is 0. The predicted molar refractivity (Wildman–Crippen MR) is 116 cm³/mol. The summed E-state index contributed by atoms with van der Waals surface area (Å²) in [5, 5.41) is 14.6. The Kier molecular flexibility index (Phi) is 5.78. The van der Waals surface area contributed by atoms with E-state index in [4.69, 9.17) is 15.8 Å². The largest absolute Gasteiger partial charge is 0.480 e. The molecule has 1 atom stereocenters. The van der Waals surface area contributed by atoms with Crippen molar-refractivity contribution in [3.05, 3.63) is 78.4 Å². The monoisotopic (exact) mass is 393 g/mol. The summed E-state index contributed by atoms with van der Waals surface area (Å²) in [4.78, 5) is 15.7. The summed E-state index contributed by atoms with van der Waals surface area (Å²) in [6.45, 7) is 0. The molecule has 0 radical (unpaired) electrons. The molecule has 3 aromatic carbocycles. The van der Waals surface area contributed by atoms with Gasteiger partial charge < -0.3 is 16.2 Å². The highest BCUT2D eigenvalue weighted by atomic mass is 35.5. The molecule has 0 aliphatic rings. The normalized spacial score (nSPS) is 11.8. The van der Waals surface area contributed by atoms with Gasteiger partial charge in [-0.2, -0.15) is 0 Å². The highest BCUT2D eigenvalue weighted by Gasteiger charge is 2.12. The van der Waals surface area contributed by atoms with Crippen molar-refractivity contribution < 1.29 is 9.90 Å². The number of carboxylic acids is 1. The van der Waals surface area contributed by atoms with Crippen LogP contribution in [0.4, 0.5) is 11.4 Å². The van der Waals surface area contributed by atoms with Crippen molar-refractivity contribution >= 4 is 51.6 Å². The van der Waals surface area contributed by atoms with Gasteiger partial charge in [0.25, 0.3) is 0 Å². The molecule has 1 heterocycles. The van der Waals surface area contributed by atoms with Gasteiger partial charge in [0.15, 0.2) is 0 Å². The molecule has 0 fully saturated rings. The van der Waals surface area contributed by atoms with E-state index in [1.807, 2.05) is 60.7 Å². The molecule has 4 rings (SSSR count). The van der Waals surface area contributed by atoms with E-state index in [-0.39, 0.29) is 12.4 Å². The third-order valence-electron chi connectivity index (χ3n) is 4.58. The van der Waals surface area contributed by atoms with Crippen LogP contribution in [0.15, 0.2) is 72.8 Å². The number of aromatic nitrogens is 1. The number of hydrogen-bond acceptors (Lipinski definition) is 4. The summed E-state index contributed by atoms with van der Waals surface area (Å²) >= 11 is 0. The van der Waals surface area contributed by atoms with E-state index in [9.17, 15) is 4.79 Å². The molecule has 1 aromatic heterocycles. The minimum atomic E-state index is -0.994. The van der Waals surface area contributed by atoms with Crippen LogP contribution in [0.5, 0.6) is 0 Å². The second-order valence-electron chi connectivity index (χ2n) is 6.49. The summed E-state index contributed by atoms with van der Waals surface area (Å²) in [6.07, 6.45) is 0.302. The third-order valence-corrected chi connectivity index (χ3v) is 4.58. The van der Waals surface area contributed by atoms with Gasteiger partial charge in [-0.1, -0.05) is 48.5 Å². The molecule has 0 saturated heterocycles. The quantitative estimate of drug-likeness (QED) is 0.434. The van der Waals surface area contributed by atoms with Gasteiger partial charge in [-0.3, -0.25) is 4.79 Å². The fourth-order valence-corrected chi connectivity index (χ4v) is 3.18. The van der Waals surface area contributed by atoms with Crippen LogP contribution in [0.3, 0.4) is 0 Å². The minimum Gasteiger partial charge on any atom is -0.480 e. The molecule has 0 aliphatic heterocycles. The van der Waals surface area contributed by atoms with E-state index in [0.717, 1.165) is 38.7 Å². The van der Waals surface area contributed by atoms with Crippen LogP contribution in [0.2, 0.25) is 0 Å². The van der Waals surface area contributed by atoms with Gasteiger partial charge in [0, 0.05) is 16.5 Å². The Bertz CT molecular complexity index is 1080. The summed E-state index contributed by atoms with van der Waals surface area (Å²) < 4.78 is 0. The zero-order valence-corrected chi connectivity index (χ0v) is 15.8. The fourth-order valence-electron chi connectivity index (χ4n) is 3.18. The lowest BCUT2D eigenvalue weighted by atomic mass is 10.1. The Morgan fingerprint density at radius 1 is 0.929 bits per heavy atom. The Balaban J connectivity index is 0.00000225. The number of carboxylic acid groups (broad SMARTS) is 1. The van der Waals surface area contributed by atoms with Gasteiger partial charge in [0.2, 0.25) is 0 Å². The summed E-state index contributed by atoms with van der Waals surface area (Å²) in [6, 6.07) is 22.9. The molecule has 6 heteroatoms. The predicted octanol–water partition coefficient (Wildman–Crippen LogP) is 4.51. The van der Waals surface area contributed by atoms with Crippen molar-refractivity contribution in [3.63, 3.8) is 0 Å². The number of halogens is 1. The number of nitrogens with two attached hydrogens (primary N) is 1. The molecule has 0 saturated carbocycles.